The van der Waals surface area contributed by atoms with E-state index in [2.05, 4.69) is 55.6 Å². The molecule has 0 aliphatic rings. The number of unbranched alkanes of at least 4 members (excludes halogenated alkanes) is 7. The van der Waals surface area contributed by atoms with Gasteiger partial charge in [-0.2, -0.15) is 0 Å². The molecule has 0 bridgehead atoms. The summed E-state index contributed by atoms with van der Waals surface area (Å²) in [6.45, 7) is 4.11. The second-order valence-electron chi connectivity index (χ2n) is 8.02. The van der Waals surface area contributed by atoms with Gasteiger partial charge in [0.1, 0.15) is 0 Å². The minimum atomic E-state index is -0.664. The molecule has 0 radical (unpaired) electrons. The first kappa shape index (κ1) is 28.6. The maximum atomic E-state index is 12.1. The Bertz CT molecular complexity index is 471. The molecule has 2 atom stereocenters. The van der Waals surface area contributed by atoms with Gasteiger partial charge in [0.25, 0.3) is 0 Å². The SMILES string of the molecule is CC/C=C\C/C=C\C/C=C\CCCCCC(=O)NC(CO)C(O)CCCCCCC. The first-order valence-electron chi connectivity index (χ1n) is 12.2. The Morgan fingerprint density at radius 1 is 0.833 bits per heavy atom. The van der Waals surface area contributed by atoms with Gasteiger partial charge in [-0.05, 0) is 44.9 Å². The van der Waals surface area contributed by atoms with Crippen molar-refractivity contribution in [2.45, 2.75) is 116 Å². The second-order valence-corrected chi connectivity index (χ2v) is 8.02. The van der Waals surface area contributed by atoms with Crippen molar-refractivity contribution in [3.05, 3.63) is 36.5 Å². The molecule has 4 nitrogen and oxygen atoms in total. The number of nitrogens with one attached hydrogen (secondary N) is 1. The van der Waals surface area contributed by atoms with E-state index in [9.17, 15) is 15.0 Å². The highest BCUT2D eigenvalue weighted by molar-refractivity contribution is 5.76. The molecule has 4 heteroatoms. The van der Waals surface area contributed by atoms with Crippen LogP contribution in [-0.2, 0) is 4.79 Å². The number of allylic oxidation sites excluding steroid dienone is 6. The maximum Gasteiger partial charge on any atom is 0.220 e. The molecule has 0 saturated heterocycles. The number of hydrogen-bond acceptors (Lipinski definition) is 3. The van der Waals surface area contributed by atoms with Gasteiger partial charge >= 0.3 is 0 Å². The van der Waals surface area contributed by atoms with Crippen LogP contribution in [0.1, 0.15) is 104 Å². The number of aliphatic hydroxyl groups excluding tert-OH is 2. The summed E-state index contributed by atoms with van der Waals surface area (Å²) in [6.07, 6.45) is 26.3. The van der Waals surface area contributed by atoms with Crippen LogP contribution in [-0.4, -0.2) is 34.9 Å². The van der Waals surface area contributed by atoms with Crippen LogP contribution in [0.4, 0.5) is 0 Å². The van der Waals surface area contributed by atoms with E-state index in [1.165, 1.54) is 19.3 Å². The van der Waals surface area contributed by atoms with Crippen molar-refractivity contribution >= 4 is 5.91 Å². The topological polar surface area (TPSA) is 69.6 Å². The Balaban J connectivity index is 3.74. The van der Waals surface area contributed by atoms with Crippen LogP contribution in [0.25, 0.3) is 0 Å². The van der Waals surface area contributed by atoms with Crippen molar-refractivity contribution in [3.63, 3.8) is 0 Å². The molecule has 0 fully saturated rings. The molecule has 0 saturated carbocycles. The van der Waals surface area contributed by atoms with E-state index < -0.39 is 12.1 Å². The van der Waals surface area contributed by atoms with E-state index in [-0.39, 0.29) is 12.5 Å². The number of aliphatic hydroxyl groups is 2. The van der Waals surface area contributed by atoms with Gasteiger partial charge in [0.15, 0.2) is 0 Å². The van der Waals surface area contributed by atoms with Crippen molar-refractivity contribution in [2.75, 3.05) is 6.61 Å². The summed E-state index contributed by atoms with van der Waals surface area (Å²) in [4.78, 5) is 12.1. The summed E-state index contributed by atoms with van der Waals surface area (Å²) in [7, 11) is 0. The van der Waals surface area contributed by atoms with Crippen molar-refractivity contribution in [2.24, 2.45) is 0 Å². The Hall–Kier alpha value is -1.39. The van der Waals surface area contributed by atoms with Crippen molar-refractivity contribution in [3.8, 4) is 0 Å². The van der Waals surface area contributed by atoms with Gasteiger partial charge in [-0.3, -0.25) is 4.79 Å². The highest BCUT2D eigenvalue weighted by Gasteiger charge is 2.19. The van der Waals surface area contributed by atoms with E-state index in [1.807, 2.05) is 0 Å². The molecule has 2 unspecified atom stereocenters. The number of hydrogen-bond donors (Lipinski definition) is 3. The normalized spacial score (nSPS) is 14.1. The molecule has 0 aromatic heterocycles. The lowest BCUT2D eigenvalue weighted by atomic mass is 10.0. The molecule has 30 heavy (non-hydrogen) atoms. The van der Waals surface area contributed by atoms with Gasteiger partial charge in [-0.25, -0.2) is 0 Å². The fraction of sp³-hybridized carbons (Fsp3) is 0.731. The summed E-state index contributed by atoms with van der Waals surface area (Å²) < 4.78 is 0. The van der Waals surface area contributed by atoms with Crippen molar-refractivity contribution < 1.29 is 15.0 Å². The van der Waals surface area contributed by atoms with E-state index in [1.54, 1.807) is 0 Å². The zero-order valence-corrected chi connectivity index (χ0v) is 19.5. The molecule has 0 aliphatic carbocycles. The Morgan fingerprint density at radius 3 is 2.13 bits per heavy atom. The molecular formula is C26H47NO3. The quantitative estimate of drug-likeness (QED) is 0.167. The lowest BCUT2D eigenvalue weighted by molar-refractivity contribution is -0.123. The van der Waals surface area contributed by atoms with Crippen LogP contribution in [0.5, 0.6) is 0 Å². The molecule has 0 aromatic carbocycles. The molecule has 0 aliphatic heterocycles. The lowest BCUT2D eigenvalue weighted by Crippen LogP contribution is -2.45. The number of carbonyl (C=O) groups is 1. The Labute approximate surface area is 185 Å². The predicted molar refractivity (Wildman–Crippen MR) is 128 cm³/mol. The standard InChI is InChI=1S/C26H47NO3/c1-3-5-7-9-10-11-12-13-14-15-16-18-20-22-26(30)27-24(23-28)25(29)21-19-17-8-6-4-2/h5,7,10-11,13-14,24-25,28-29H,3-4,6,8-9,12,15-23H2,1-2H3,(H,27,30)/b7-5-,11-10-,14-13-. The summed E-state index contributed by atoms with van der Waals surface area (Å²) >= 11 is 0. The predicted octanol–water partition coefficient (Wildman–Crippen LogP) is 5.99. The third-order valence-electron chi connectivity index (χ3n) is 5.17. The largest absolute Gasteiger partial charge is 0.394 e. The molecule has 174 valence electrons. The molecular weight excluding hydrogens is 374 g/mol. The summed E-state index contributed by atoms with van der Waals surface area (Å²) in [6, 6.07) is -0.544. The zero-order chi connectivity index (χ0) is 22.3. The van der Waals surface area contributed by atoms with Crippen molar-refractivity contribution in [1.29, 1.82) is 0 Å². The number of carbonyl (C=O) groups excluding carboxylic acids is 1. The first-order chi connectivity index (χ1) is 14.7. The van der Waals surface area contributed by atoms with Crippen LogP contribution in [0, 0.1) is 0 Å². The Morgan fingerprint density at radius 2 is 1.47 bits per heavy atom. The minimum absolute atomic E-state index is 0.0723. The van der Waals surface area contributed by atoms with E-state index in [4.69, 9.17) is 0 Å². The molecule has 3 N–H and O–H groups in total. The van der Waals surface area contributed by atoms with Gasteiger partial charge in [-0.1, -0.05) is 88.8 Å². The smallest absolute Gasteiger partial charge is 0.220 e. The monoisotopic (exact) mass is 421 g/mol. The highest BCUT2D eigenvalue weighted by Crippen LogP contribution is 2.10. The number of amides is 1. The first-order valence-corrected chi connectivity index (χ1v) is 12.2. The molecule has 0 rings (SSSR count). The van der Waals surface area contributed by atoms with Gasteiger partial charge < -0.3 is 15.5 Å². The number of rotatable bonds is 20. The zero-order valence-electron chi connectivity index (χ0n) is 19.5. The van der Waals surface area contributed by atoms with E-state index in [0.717, 1.165) is 57.8 Å². The van der Waals surface area contributed by atoms with Gasteiger partial charge in [-0.15, -0.1) is 0 Å². The highest BCUT2D eigenvalue weighted by atomic mass is 16.3. The van der Waals surface area contributed by atoms with Crippen LogP contribution in [0.3, 0.4) is 0 Å². The van der Waals surface area contributed by atoms with Gasteiger partial charge in [0.05, 0.1) is 18.8 Å². The van der Waals surface area contributed by atoms with Crippen LogP contribution in [0.2, 0.25) is 0 Å². The minimum Gasteiger partial charge on any atom is -0.394 e. The maximum absolute atomic E-state index is 12.1. The summed E-state index contributed by atoms with van der Waals surface area (Å²) in [5.41, 5.74) is 0. The van der Waals surface area contributed by atoms with E-state index in [0.29, 0.717) is 12.8 Å². The summed E-state index contributed by atoms with van der Waals surface area (Å²) in [5.74, 6) is -0.0723. The average Bonchev–Trinajstić information content (AvgIpc) is 2.75. The summed E-state index contributed by atoms with van der Waals surface area (Å²) in [5, 5.41) is 22.5. The third-order valence-corrected chi connectivity index (χ3v) is 5.17. The van der Waals surface area contributed by atoms with Crippen LogP contribution >= 0.6 is 0 Å². The lowest BCUT2D eigenvalue weighted by Gasteiger charge is -2.22. The molecule has 0 spiro atoms. The molecule has 1 amide bonds. The second kappa shape index (κ2) is 22.3. The fourth-order valence-electron chi connectivity index (χ4n) is 3.25. The Kier molecular flexibility index (Phi) is 21.3. The van der Waals surface area contributed by atoms with Gasteiger partial charge in [0.2, 0.25) is 5.91 Å². The fourth-order valence-corrected chi connectivity index (χ4v) is 3.25. The molecule has 0 aromatic rings. The molecule has 0 heterocycles. The van der Waals surface area contributed by atoms with Crippen LogP contribution < -0.4 is 5.32 Å². The van der Waals surface area contributed by atoms with Gasteiger partial charge in [0, 0.05) is 6.42 Å². The van der Waals surface area contributed by atoms with E-state index >= 15 is 0 Å². The average molecular weight is 422 g/mol. The van der Waals surface area contributed by atoms with Crippen molar-refractivity contribution in [1.82, 2.24) is 5.32 Å². The third kappa shape index (κ3) is 18.6. The van der Waals surface area contributed by atoms with Crippen LogP contribution in [0.15, 0.2) is 36.5 Å².